The molecule has 0 atom stereocenters. The summed E-state index contributed by atoms with van der Waals surface area (Å²) in [5.74, 6) is -0.487. The molecule has 0 fully saturated rings. The lowest BCUT2D eigenvalue weighted by molar-refractivity contribution is -0.119. The van der Waals surface area contributed by atoms with Crippen LogP contribution in [0.1, 0.15) is 14.7 Å². The number of hydrogen-bond donors (Lipinski definition) is 2. The predicted molar refractivity (Wildman–Crippen MR) is 53.3 cm³/mol. The summed E-state index contributed by atoms with van der Waals surface area (Å²) in [4.78, 5) is 26.6. The molecule has 1 rings (SSSR count). The van der Waals surface area contributed by atoms with Crippen molar-refractivity contribution in [2.45, 2.75) is 6.92 Å². The highest BCUT2D eigenvalue weighted by atomic mass is 32.1. The van der Waals surface area contributed by atoms with Crippen molar-refractivity contribution in [3.8, 4) is 0 Å². The van der Waals surface area contributed by atoms with Gasteiger partial charge in [-0.15, -0.1) is 11.3 Å². The van der Waals surface area contributed by atoms with Gasteiger partial charge < -0.3 is 10.6 Å². The topological polar surface area (TPSA) is 71.1 Å². The molecule has 0 bridgehead atoms. The third kappa shape index (κ3) is 2.81. The molecule has 76 valence electrons. The Morgan fingerprint density at radius 3 is 2.79 bits per heavy atom. The molecule has 1 aromatic rings. The van der Waals surface area contributed by atoms with E-state index < -0.39 is 0 Å². The summed E-state index contributed by atoms with van der Waals surface area (Å²) >= 11 is 1.30. The normalized spacial score (nSPS) is 9.57. The smallest absolute Gasteiger partial charge is 0.263 e. The van der Waals surface area contributed by atoms with Gasteiger partial charge >= 0.3 is 0 Å². The largest absolute Gasteiger partial charge is 0.358 e. The maximum absolute atomic E-state index is 11.4. The van der Waals surface area contributed by atoms with Crippen LogP contribution in [0, 0.1) is 6.92 Å². The lowest BCUT2D eigenvalue weighted by atomic mass is 10.5. The van der Waals surface area contributed by atoms with E-state index in [0.29, 0.717) is 4.88 Å². The van der Waals surface area contributed by atoms with E-state index in [0.717, 1.165) is 5.01 Å². The zero-order chi connectivity index (χ0) is 10.6. The number of rotatable bonds is 3. The Balaban J connectivity index is 2.47. The first-order chi connectivity index (χ1) is 6.63. The summed E-state index contributed by atoms with van der Waals surface area (Å²) in [6, 6.07) is 0. The fourth-order valence-corrected chi connectivity index (χ4v) is 1.50. The SMILES string of the molecule is CNC(=O)CNC(=O)c1cnc(C)s1. The Labute approximate surface area is 85.5 Å². The molecule has 0 aliphatic heterocycles. The molecule has 0 aliphatic carbocycles. The minimum Gasteiger partial charge on any atom is -0.358 e. The summed E-state index contributed by atoms with van der Waals surface area (Å²) in [6.45, 7) is 1.81. The highest BCUT2D eigenvalue weighted by Crippen LogP contribution is 2.10. The third-order valence-electron chi connectivity index (χ3n) is 1.53. The Kier molecular flexibility index (Phi) is 3.58. The van der Waals surface area contributed by atoms with Crippen LogP contribution >= 0.6 is 11.3 Å². The average molecular weight is 213 g/mol. The van der Waals surface area contributed by atoms with Crippen LogP contribution in [0.25, 0.3) is 0 Å². The van der Waals surface area contributed by atoms with Crippen molar-refractivity contribution in [1.82, 2.24) is 15.6 Å². The molecule has 0 aromatic carbocycles. The van der Waals surface area contributed by atoms with E-state index in [4.69, 9.17) is 0 Å². The molecule has 0 aliphatic rings. The molecule has 0 spiro atoms. The van der Waals surface area contributed by atoms with E-state index in [-0.39, 0.29) is 18.4 Å². The van der Waals surface area contributed by atoms with Gasteiger partial charge in [-0.05, 0) is 6.92 Å². The molecule has 2 amide bonds. The van der Waals surface area contributed by atoms with E-state index in [1.54, 1.807) is 0 Å². The fourth-order valence-electron chi connectivity index (χ4n) is 0.802. The van der Waals surface area contributed by atoms with Gasteiger partial charge in [0.15, 0.2) is 0 Å². The van der Waals surface area contributed by atoms with Crippen LogP contribution in [0.5, 0.6) is 0 Å². The van der Waals surface area contributed by atoms with Crippen LogP contribution < -0.4 is 10.6 Å². The molecule has 0 saturated carbocycles. The first-order valence-electron chi connectivity index (χ1n) is 4.04. The van der Waals surface area contributed by atoms with Gasteiger partial charge in [-0.1, -0.05) is 0 Å². The number of amides is 2. The zero-order valence-electron chi connectivity index (χ0n) is 7.96. The lowest BCUT2D eigenvalue weighted by Crippen LogP contribution is -2.34. The summed E-state index contributed by atoms with van der Waals surface area (Å²) in [6.07, 6.45) is 1.50. The number of thiazole rings is 1. The molecule has 0 radical (unpaired) electrons. The molecule has 2 N–H and O–H groups in total. The van der Waals surface area contributed by atoms with Crippen molar-refractivity contribution in [2.75, 3.05) is 13.6 Å². The van der Waals surface area contributed by atoms with Crippen LogP contribution in [-0.4, -0.2) is 30.4 Å². The number of nitrogens with zero attached hydrogens (tertiary/aromatic N) is 1. The molecular formula is C8H11N3O2S. The molecular weight excluding hydrogens is 202 g/mol. The van der Waals surface area contributed by atoms with Gasteiger partial charge in [0.05, 0.1) is 17.7 Å². The van der Waals surface area contributed by atoms with E-state index in [1.165, 1.54) is 24.6 Å². The minimum absolute atomic E-state index is 0.00766. The minimum atomic E-state index is -0.265. The van der Waals surface area contributed by atoms with Crippen molar-refractivity contribution in [2.24, 2.45) is 0 Å². The first-order valence-corrected chi connectivity index (χ1v) is 4.86. The Morgan fingerprint density at radius 1 is 1.57 bits per heavy atom. The molecule has 0 saturated heterocycles. The van der Waals surface area contributed by atoms with E-state index in [2.05, 4.69) is 15.6 Å². The van der Waals surface area contributed by atoms with Crippen molar-refractivity contribution >= 4 is 23.2 Å². The van der Waals surface area contributed by atoms with Gasteiger partial charge in [-0.25, -0.2) is 4.98 Å². The van der Waals surface area contributed by atoms with Crippen molar-refractivity contribution in [3.63, 3.8) is 0 Å². The number of carbonyl (C=O) groups excluding carboxylic acids is 2. The van der Waals surface area contributed by atoms with Crippen LogP contribution in [-0.2, 0) is 4.79 Å². The van der Waals surface area contributed by atoms with E-state index in [9.17, 15) is 9.59 Å². The van der Waals surface area contributed by atoms with Gasteiger partial charge in [0.25, 0.3) is 5.91 Å². The second-order valence-electron chi connectivity index (χ2n) is 2.60. The predicted octanol–water partition coefficient (Wildman–Crippen LogP) is -0.0727. The van der Waals surface area contributed by atoms with Crippen molar-refractivity contribution in [1.29, 1.82) is 0 Å². The number of likely N-dealkylation sites (N-methyl/N-ethyl adjacent to an activating group) is 1. The van der Waals surface area contributed by atoms with Gasteiger partial charge in [-0.3, -0.25) is 9.59 Å². The highest BCUT2D eigenvalue weighted by Gasteiger charge is 2.09. The first kappa shape index (κ1) is 10.6. The summed E-state index contributed by atoms with van der Waals surface area (Å²) in [5, 5.41) is 5.72. The van der Waals surface area contributed by atoms with Crippen LogP contribution in [0.15, 0.2) is 6.20 Å². The number of aryl methyl sites for hydroxylation is 1. The van der Waals surface area contributed by atoms with Gasteiger partial charge in [0.2, 0.25) is 5.91 Å². The van der Waals surface area contributed by atoms with Gasteiger partial charge in [0.1, 0.15) is 4.88 Å². The van der Waals surface area contributed by atoms with Crippen molar-refractivity contribution < 1.29 is 9.59 Å². The monoisotopic (exact) mass is 213 g/mol. The standard InChI is InChI=1S/C8H11N3O2S/c1-5-10-3-6(14-5)8(13)11-4-7(12)9-2/h3H,4H2,1-2H3,(H,9,12)(H,11,13). The number of hydrogen-bond acceptors (Lipinski definition) is 4. The third-order valence-corrected chi connectivity index (χ3v) is 2.44. The highest BCUT2D eigenvalue weighted by molar-refractivity contribution is 7.13. The van der Waals surface area contributed by atoms with E-state index in [1.807, 2.05) is 6.92 Å². The Bertz CT molecular complexity index is 348. The molecule has 0 unspecified atom stereocenters. The zero-order valence-corrected chi connectivity index (χ0v) is 8.77. The second kappa shape index (κ2) is 4.71. The van der Waals surface area contributed by atoms with Crippen LogP contribution in [0.4, 0.5) is 0 Å². The maximum atomic E-state index is 11.4. The summed E-state index contributed by atoms with van der Waals surface area (Å²) in [7, 11) is 1.52. The van der Waals surface area contributed by atoms with E-state index >= 15 is 0 Å². The van der Waals surface area contributed by atoms with Gasteiger partial charge in [-0.2, -0.15) is 0 Å². The average Bonchev–Trinajstić information content (AvgIpc) is 2.60. The maximum Gasteiger partial charge on any atom is 0.263 e. The Hall–Kier alpha value is -1.43. The summed E-state index contributed by atoms with van der Waals surface area (Å²) < 4.78 is 0. The molecule has 14 heavy (non-hydrogen) atoms. The van der Waals surface area contributed by atoms with Crippen LogP contribution in [0.3, 0.4) is 0 Å². The van der Waals surface area contributed by atoms with Crippen molar-refractivity contribution in [3.05, 3.63) is 16.1 Å². The molecule has 1 aromatic heterocycles. The number of nitrogens with one attached hydrogen (secondary N) is 2. The fraction of sp³-hybridized carbons (Fsp3) is 0.375. The molecule has 1 heterocycles. The molecule has 5 nitrogen and oxygen atoms in total. The summed E-state index contributed by atoms with van der Waals surface area (Å²) in [5.41, 5.74) is 0. The lowest BCUT2D eigenvalue weighted by Gasteiger charge is -2.00. The number of aromatic nitrogens is 1. The molecule has 6 heteroatoms. The Morgan fingerprint density at radius 2 is 2.29 bits per heavy atom. The van der Waals surface area contributed by atoms with Crippen LogP contribution in [0.2, 0.25) is 0 Å². The quantitative estimate of drug-likeness (QED) is 0.738. The van der Waals surface area contributed by atoms with Gasteiger partial charge in [0, 0.05) is 7.05 Å². The number of carbonyl (C=O) groups is 2. The second-order valence-corrected chi connectivity index (χ2v) is 3.83.